The Morgan fingerprint density at radius 1 is 1.38 bits per heavy atom. The smallest absolute Gasteiger partial charge is 0.0998 e. The highest BCUT2D eigenvalue weighted by Crippen LogP contribution is 2.42. The van der Waals surface area contributed by atoms with Crippen molar-refractivity contribution in [1.82, 2.24) is 15.3 Å². The van der Waals surface area contributed by atoms with E-state index in [9.17, 15) is 0 Å². The molecule has 2 bridgehead atoms. The van der Waals surface area contributed by atoms with Crippen LogP contribution in [0.3, 0.4) is 0 Å². The molecule has 0 spiro atoms. The number of aromatic nitrogens is 2. The van der Waals surface area contributed by atoms with Gasteiger partial charge in [0.15, 0.2) is 0 Å². The van der Waals surface area contributed by atoms with E-state index in [4.69, 9.17) is 4.98 Å². The summed E-state index contributed by atoms with van der Waals surface area (Å²) in [5, 5.41) is 4.98. The van der Waals surface area contributed by atoms with Crippen molar-refractivity contribution in [2.45, 2.75) is 37.3 Å². The van der Waals surface area contributed by atoms with Crippen LogP contribution in [-0.2, 0) is 0 Å². The van der Waals surface area contributed by atoms with Crippen LogP contribution in [0.2, 0.25) is 0 Å². The Morgan fingerprint density at radius 2 is 2.38 bits per heavy atom. The predicted octanol–water partition coefficient (Wildman–Crippen LogP) is 2.30. The van der Waals surface area contributed by atoms with Crippen molar-refractivity contribution >= 4 is 21.6 Å². The Balaban J connectivity index is 1.76. The largest absolute Gasteiger partial charge is 0.311 e. The topological polar surface area (TPSA) is 37.8 Å². The van der Waals surface area contributed by atoms with Gasteiger partial charge in [-0.05, 0) is 25.3 Å². The molecule has 1 N–H and O–H groups in total. The molecule has 0 saturated carbocycles. The fourth-order valence-electron chi connectivity index (χ4n) is 3.05. The third-order valence-corrected chi connectivity index (χ3v) is 4.99. The number of pyridine rings is 1. The van der Waals surface area contributed by atoms with E-state index in [0.717, 1.165) is 11.6 Å². The van der Waals surface area contributed by atoms with E-state index in [1.54, 1.807) is 0 Å². The molecule has 0 amide bonds. The van der Waals surface area contributed by atoms with Gasteiger partial charge in [0, 0.05) is 24.2 Å². The molecule has 2 aliphatic heterocycles. The van der Waals surface area contributed by atoms with Gasteiger partial charge in [-0.25, -0.2) is 4.98 Å². The van der Waals surface area contributed by atoms with Crippen LogP contribution in [0.5, 0.6) is 0 Å². The van der Waals surface area contributed by atoms with E-state index in [1.165, 1.54) is 29.0 Å². The van der Waals surface area contributed by atoms with Crippen LogP contribution in [0, 0.1) is 0 Å². The zero-order chi connectivity index (χ0) is 10.5. The second-order valence-corrected chi connectivity index (χ2v) is 5.85. The number of nitrogens with zero attached hydrogens (tertiary/aromatic N) is 2. The molecule has 2 saturated heterocycles. The third kappa shape index (κ3) is 1.23. The van der Waals surface area contributed by atoms with Gasteiger partial charge >= 0.3 is 0 Å². The molecule has 0 aromatic carbocycles. The molecule has 2 aromatic heterocycles. The van der Waals surface area contributed by atoms with Crippen LogP contribution >= 0.6 is 11.3 Å². The molecule has 16 heavy (non-hydrogen) atoms. The summed E-state index contributed by atoms with van der Waals surface area (Å²) in [6, 6.07) is 3.50. The maximum Gasteiger partial charge on any atom is 0.0998 e. The van der Waals surface area contributed by atoms with Crippen LogP contribution in [0.25, 0.3) is 10.2 Å². The molecule has 3 nitrogen and oxygen atoms in total. The van der Waals surface area contributed by atoms with Gasteiger partial charge in [-0.3, -0.25) is 4.98 Å². The summed E-state index contributed by atoms with van der Waals surface area (Å²) >= 11 is 1.84. The highest BCUT2D eigenvalue weighted by molar-refractivity contribution is 7.18. The summed E-state index contributed by atoms with van der Waals surface area (Å²) in [5.41, 5.74) is 1.06. The maximum absolute atomic E-state index is 4.73. The molecule has 2 fully saturated rings. The van der Waals surface area contributed by atoms with Gasteiger partial charge in [0.1, 0.15) is 0 Å². The van der Waals surface area contributed by atoms with E-state index < -0.39 is 0 Å². The van der Waals surface area contributed by atoms with Crippen molar-refractivity contribution in [2.75, 3.05) is 0 Å². The lowest BCUT2D eigenvalue weighted by atomic mass is 9.90. The van der Waals surface area contributed by atoms with Gasteiger partial charge in [-0.1, -0.05) is 0 Å². The first-order chi connectivity index (χ1) is 7.90. The Morgan fingerprint density at radius 3 is 3.12 bits per heavy atom. The van der Waals surface area contributed by atoms with Crippen molar-refractivity contribution in [1.29, 1.82) is 0 Å². The highest BCUT2D eigenvalue weighted by atomic mass is 32.1. The van der Waals surface area contributed by atoms with Crippen molar-refractivity contribution in [3.8, 4) is 0 Å². The van der Waals surface area contributed by atoms with Crippen LogP contribution < -0.4 is 5.32 Å². The first-order valence-corrected chi connectivity index (χ1v) is 6.68. The molecule has 2 aromatic rings. The number of nitrogens with one attached hydrogen (secondary N) is 1. The SMILES string of the molecule is c1cc2sc(C3CC4CCC3N4)nc2cn1. The van der Waals surface area contributed by atoms with Gasteiger partial charge in [-0.2, -0.15) is 0 Å². The van der Waals surface area contributed by atoms with Gasteiger partial charge in [0.05, 0.1) is 21.4 Å². The summed E-state index contributed by atoms with van der Waals surface area (Å²) in [6.07, 6.45) is 7.67. The van der Waals surface area contributed by atoms with Gasteiger partial charge in [0.2, 0.25) is 0 Å². The number of rotatable bonds is 1. The molecule has 0 radical (unpaired) electrons. The number of thiazole rings is 1. The number of fused-ring (bicyclic) bond motifs is 3. The summed E-state index contributed by atoms with van der Waals surface area (Å²) in [5.74, 6) is 0.649. The number of hydrogen-bond donors (Lipinski definition) is 1. The lowest BCUT2D eigenvalue weighted by Crippen LogP contribution is -2.21. The lowest BCUT2D eigenvalue weighted by Gasteiger charge is -2.16. The highest BCUT2D eigenvalue weighted by Gasteiger charge is 2.41. The van der Waals surface area contributed by atoms with Crippen molar-refractivity contribution in [3.63, 3.8) is 0 Å². The fraction of sp³-hybridized carbons (Fsp3) is 0.500. The molecule has 3 unspecified atom stereocenters. The van der Waals surface area contributed by atoms with Crippen molar-refractivity contribution in [2.24, 2.45) is 0 Å². The van der Waals surface area contributed by atoms with Crippen LogP contribution in [0.4, 0.5) is 0 Å². The number of hydrogen-bond acceptors (Lipinski definition) is 4. The molecular weight excluding hydrogens is 218 g/mol. The summed E-state index contributed by atoms with van der Waals surface area (Å²) in [6.45, 7) is 0. The van der Waals surface area contributed by atoms with E-state index in [2.05, 4.69) is 16.4 Å². The average Bonchev–Trinajstić information content (AvgIpc) is 3.02. The lowest BCUT2D eigenvalue weighted by molar-refractivity contribution is 0.505. The third-order valence-electron chi connectivity index (χ3n) is 3.82. The second-order valence-electron chi connectivity index (χ2n) is 4.79. The summed E-state index contributed by atoms with van der Waals surface area (Å²) < 4.78 is 1.27. The minimum absolute atomic E-state index is 0.649. The predicted molar refractivity (Wildman–Crippen MR) is 64.7 cm³/mol. The zero-order valence-electron chi connectivity index (χ0n) is 8.89. The molecule has 2 aliphatic rings. The molecule has 4 heterocycles. The van der Waals surface area contributed by atoms with Crippen LogP contribution in [0.1, 0.15) is 30.2 Å². The quantitative estimate of drug-likeness (QED) is 0.818. The normalized spacial score (nSPS) is 32.6. The molecule has 0 aliphatic carbocycles. The molecule has 4 heteroatoms. The first kappa shape index (κ1) is 9.07. The second kappa shape index (κ2) is 3.25. The van der Waals surface area contributed by atoms with E-state index in [0.29, 0.717) is 12.0 Å². The Labute approximate surface area is 97.9 Å². The van der Waals surface area contributed by atoms with Crippen molar-refractivity contribution < 1.29 is 0 Å². The Hall–Kier alpha value is -1.00. The molecular formula is C12H13N3S. The molecule has 3 atom stereocenters. The van der Waals surface area contributed by atoms with E-state index in [1.807, 2.05) is 23.7 Å². The average molecular weight is 231 g/mol. The van der Waals surface area contributed by atoms with Gasteiger partial charge in [-0.15, -0.1) is 11.3 Å². The minimum atomic E-state index is 0.649. The van der Waals surface area contributed by atoms with Gasteiger partial charge in [0.25, 0.3) is 0 Å². The first-order valence-electron chi connectivity index (χ1n) is 5.86. The van der Waals surface area contributed by atoms with E-state index in [-0.39, 0.29) is 0 Å². The van der Waals surface area contributed by atoms with Crippen LogP contribution in [-0.4, -0.2) is 22.1 Å². The Bertz CT molecular complexity index is 503. The standard InChI is InChI=1S/C12H13N3S/c1-2-9-8(5-7(1)14-9)12-15-10-6-13-4-3-11(10)16-12/h3-4,6-9,14H,1-2,5H2. The minimum Gasteiger partial charge on any atom is -0.311 e. The summed E-state index contributed by atoms with van der Waals surface area (Å²) in [7, 11) is 0. The molecule has 4 rings (SSSR count). The zero-order valence-corrected chi connectivity index (χ0v) is 9.70. The monoisotopic (exact) mass is 231 g/mol. The fourth-order valence-corrected chi connectivity index (χ4v) is 4.17. The maximum atomic E-state index is 4.73. The van der Waals surface area contributed by atoms with Crippen molar-refractivity contribution in [3.05, 3.63) is 23.5 Å². The molecule has 82 valence electrons. The van der Waals surface area contributed by atoms with Gasteiger partial charge < -0.3 is 5.32 Å². The summed E-state index contributed by atoms with van der Waals surface area (Å²) in [4.78, 5) is 8.86. The Kier molecular flexibility index (Phi) is 1.84. The van der Waals surface area contributed by atoms with Crippen LogP contribution in [0.15, 0.2) is 18.5 Å². The van der Waals surface area contributed by atoms with E-state index >= 15 is 0 Å².